The Morgan fingerprint density at radius 1 is 1.33 bits per heavy atom. The fourth-order valence-electron chi connectivity index (χ4n) is 1.46. The average molecular weight is 312 g/mol. The molecule has 3 N–H and O–H groups in total. The molecule has 0 aromatic heterocycles. The molecule has 102 valence electrons. The molecule has 0 aliphatic carbocycles. The monoisotopic (exact) mass is 310 g/mol. The molecule has 0 aliphatic rings. The number of nitrogens with one attached hydrogen (secondary N) is 1. The Bertz CT molecular complexity index is 390. The van der Waals surface area contributed by atoms with Crippen LogP contribution in [-0.4, -0.2) is 18.0 Å². The number of hydrogen-bond donors (Lipinski definition) is 2. The molecule has 0 fully saturated rings. The van der Waals surface area contributed by atoms with Gasteiger partial charge >= 0.3 is 0 Å². The molecule has 3 nitrogen and oxygen atoms in total. The standard InChI is InChI=1S/C12H16Cl2N2O.ClH/c1-7(16-12(17)8(2)15)6-9-10(13)4-3-5-11(9)14;/h3-5,7-8H,6,15H2,1-2H3,(H,16,17);1H/t7?,8-;/m1./s1. The molecule has 18 heavy (non-hydrogen) atoms. The van der Waals surface area contributed by atoms with Crippen molar-refractivity contribution in [2.24, 2.45) is 5.73 Å². The van der Waals surface area contributed by atoms with Crippen molar-refractivity contribution in [3.05, 3.63) is 33.8 Å². The van der Waals surface area contributed by atoms with Crippen molar-refractivity contribution in [3.63, 3.8) is 0 Å². The number of benzene rings is 1. The van der Waals surface area contributed by atoms with Crippen LogP contribution in [0.25, 0.3) is 0 Å². The van der Waals surface area contributed by atoms with Gasteiger partial charge in [0.2, 0.25) is 5.91 Å². The van der Waals surface area contributed by atoms with Crippen LogP contribution in [0.5, 0.6) is 0 Å². The molecule has 0 saturated heterocycles. The summed E-state index contributed by atoms with van der Waals surface area (Å²) in [6, 6.07) is 4.77. The van der Waals surface area contributed by atoms with E-state index in [1.165, 1.54) is 0 Å². The lowest BCUT2D eigenvalue weighted by molar-refractivity contribution is -0.122. The Morgan fingerprint density at radius 2 is 1.83 bits per heavy atom. The molecular formula is C12H17Cl3N2O. The Labute approximate surface area is 123 Å². The van der Waals surface area contributed by atoms with Gasteiger partial charge in [-0.15, -0.1) is 12.4 Å². The lowest BCUT2D eigenvalue weighted by Crippen LogP contribution is -2.43. The number of rotatable bonds is 4. The number of halogens is 3. The predicted molar refractivity (Wildman–Crippen MR) is 78.7 cm³/mol. The summed E-state index contributed by atoms with van der Waals surface area (Å²) in [4.78, 5) is 11.4. The molecule has 0 spiro atoms. The number of carbonyl (C=O) groups excluding carboxylic acids is 1. The first-order valence-electron chi connectivity index (χ1n) is 5.40. The molecule has 6 heteroatoms. The first kappa shape index (κ1) is 17.5. The summed E-state index contributed by atoms with van der Waals surface area (Å²) < 4.78 is 0. The Balaban J connectivity index is 0.00000289. The minimum atomic E-state index is -0.515. The molecule has 1 amide bonds. The van der Waals surface area contributed by atoms with Gasteiger partial charge < -0.3 is 11.1 Å². The third kappa shape index (κ3) is 5.02. The second-order valence-corrected chi connectivity index (χ2v) is 4.92. The van der Waals surface area contributed by atoms with Crippen LogP contribution in [0.2, 0.25) is 10.0 Å². The van der Waals surface area contributed by atoms with Crippen molar-refractivity contribution < 1.29 is 4.79 Å². The molecule has 2 atom stereocenters. The minimum absolute atomic E-state index is 0. The molecular weight excluding hydrogens is 295 g/mol. The van der Waals surface area contributed by atoms with Crippen LogP contribution in [0, 0.1) is 0 Å². The highest BCUT2D eigenvalue weighted by atomic mass is 35.5. The Kier molecular flexibility index (Phi) is 7.64. The normalized spacial score (nSPS) is 13.4. The van der Waals surface area contributed by atoms with E-state index in [0.29, 0.717) is 16.5 Å². The van der Waals surface area contributed by atoms with Gasteiger partial charge in [0.15, 0.2) is 0 Å². The van der Waals surface area contributed by atoms with Crippen LogP contribution in [0.15, 0.2) is 18.2 Å². The lowest BCUT2D eigenvalue weighted by atomic mass is 10.1. The Hall–Kier alpha value is -0.480. The first-order chi connectivity index (χ1) is 7.91. The SMILES string of the molecule is CC(Cc1c(Cl)cccc1Cl)NC(=O)[C@@H](C)N.Cl. The lowest BCUT2D eigenvalue weighted by Gasteiger charge is -2.17. The molecule has 0 bridgehead atoms. The van der Waals surface area contributed by atoms with Crippen molar-refractivity contribution in [3.8, 4) is 0 Å². The van der Waals surface area contributed by atoms with Gasteiger partial charge in [-0.1, -0.05) is 29.3 Å². The molecule has 1 aromatic carbocycles. The van der Waals surface area contributed by atoms with Crippen molar-refractivity contribution >= 4 is 41.5 Å². The first-order valence-corrected chi connectivity index (χ1v) is 6.16. The topological polar surface area (TPSA) is 55.1 Å². The maximum Gasteiger partial charge on any atom is 0.236 e. The summed E-state index contributed by atoms with van der Waals surface area (Å²) in [6.07, 6.45) is 0.580. The average Bonchev–Trinajstić information content (AvgIpc) is 2.23. The van der Waals surface area contributed by atoms with Crippen molar-refractivity contribution in [2.45, 2.75) is 32.4 Å². The van der Waals surface area contributed by atoms with Crippen LogP contribution in [-0.2, 0) is 11.2 Å². The number of hydrogen-bond acceptors (Lipinski definition) is 2. The van der Waals surface area contributed by atoms with Crippen molar-refractivity contribution in [2.75, 3.05) is 0 Å². The van der Waals surface area contributed by atoms with Crippen molar-refractivity contribution in [1.82, 2.24) is 5.32 Å². The van der Waals surface area contributed by atoms with E-state index < -0.39 is 6.04 Å². The number of nitrogens with two attached hydrogens (primary N) is 1. The molecule has 1 rings (SSSR count). The smallest absolute Gasteiger partial charge is 0.236 e. The third-order valence-corrected chi connectivity index (χ3v) is 3.08. The number of amides is 1. The zero-order valence-electron chi connectivity index (χ0n) is 10.2. The van der Waals surface area contributed by atoms with Gasteiger partial charge in [0.05, 0.1) is 6.04 Å². The summed E-state index contributed by atoms with van der Waals surface area (Å²) in [5.41, 5.74) is 6.31. The van der Waals surface area contributed by atoms with Gasteiger partial charge in [-0.3, -0.25) is 4.79 Å². The highest BCUT2D eigenvalue weighted by molar-refractivity contribution is 6.36. The molecule has 1 aromatic rings. The zero-order valence-corrected chi connectivity index (χ0v) is 12.6. The summed E-state index contributed by atoms with van der Waals surface area (Å²) in [7, 11) is 0. The summed E-state index contributed by atoms with van der Waals surface area (Å²) in [5, 5.41) is 4.02. The van der Waals surface area contributed by atoms with Crippen LogP contribution in [0.1, 0.15) is 19.4 Å². The van der Waals surface area contributed by atoms with E-state index >= 15 is 0 Å². The molecule has 0 radical (unpaired) electrons. The second-order valence-electron chi connectivity index (χ2n) is 4.10. The van der Waals surface area contributed by atoms with E-state index in [-0.39, 0.29) is 24.4 Å². The molecule has 1 unspecified atom stereocenters. The van der Waals surface area contributed by atoms with Gasteiger partial charge in [-0.05, 0) is 38.0 Å². The molecule has 0 heterocycles. The maximum absolute atomic E-state index is 11.4. The largest absolute Gasteiger partial charge is 0.352 e. The van der Waals surface area contributed by atoms with E-state index in [1.807, 2.05) is 6.92 Å². The quantitative estimate of drug-likeness (QED) is 0.898. The predicted octanol–water partition coefficient (Wildman–Crippen LogP) is 2.81. The fraction of sp³-hybridized carbons (Fsp3) is 0.417. The summed E-state index contributed by atoms with van der Waals surface area (Å²) >= 11 is 12.1. The number of carbonyl (C=O) groups is 1. The zero-order chi connectivity index (χ0) is 13.0. The van der Waals surface area contributed by atoms with Gasteiger partial charge in [0.25, 0.3) is 0 Å². The van der Waals surface area contributed by atoms with Crippen LogP contribution in [0.4, 0.5) is 0 Å². The van der Waals surface area contributed by atoms with Gasteiger partial charge in [-0.25, -0.2) is 0 Å². The van der Waals surface area contributed by atoms with Gasteiger partial charge in [0, 0.05) is 16.1 Å². The maximum atomic E-state index is 11.4. The highest BCUT2D eigenvalue weighted by Crippen LogP contribution is 2.25. The molecule has 0 saturated carbocycles. The van der Waals surface area contributed by atoms with Crippen LogP contribution >= 0.6 is 35.6 Å². The summed E-state index contributed by atoms with van der Waals surface area (Å²) in [5.74, 6) is -0.180. The van der Waals surface area contributed by atoms with E-state index in [4.69, 9.17) is 28.9 Å². The van der Waals surface area contributed by atoms with Crippen LogP contribution < -0.4 is 11.1 Å². The highest BCUT2D eigenvalue weighted by Gasteiger charge is 2.14. The van der Waals surface area contributed by atoms with Gasteiger partial charge in [-0.2, -0.15) is 0 Å². The third-order valence-electron chi connectivity index (χ3n) is 2.37. The van der Waals surface area contributed by atoms with E-state index in [0.717, 1.165) is 5.56 Å². The van der Waals surface area contributed by atoms with Crippen LogP contribution in [0.3, 0.4) is 0 Å². The molecule has 0 aliphatic heterocycles. The minimum Gasteiger partial charge on any atom is -0.352 e. The van der Waals surface area contributed by atoms with E-state index in [2.05, 4.69) is 5.32 Å². The summed E-state index contributed by atoms with van der Waals surface area (Å²) in [6.45, 7) is 3.53. The fourth-order valence-corrected chi connectivity index (χ4v) is 2.01. The Morgan fingerprint density at radius 3 is 2.28 bits per heavy atom. The van der Waals surface area contributed by atoms with E-state index in [9.17, 15) is 4.79 Å². The van der Waals surface area contributed by atoms with E-state index in [1.54, 1.807) is 25.1 Å². The van der Waals surface area contributed by atoms with Crippen molar-refractivity contribution in [1.29, 1.82) is 0 Å². The van der Waals surface area contributed by atoms with Gasteiger partial charge in [0.1, 0.15) is 0 Å². The second kappa shape index (κ2) is 7.85.